The molecule has 1 aliphatic carbocycles. The molecule has 1 nitrogen and oxygen atoms in total. The molecule has 1 heteroatoms. The second kappa shape index (κ2) is 5.47. The van der Waals surface area contributed by atoms with Crippen molar-refractivity contribution in [2.45, 2.75) is 20.8 Å². The Balaban J connectivity index is 1.94. The summed E-state index contributed by atoms with van der Waals surface area (Å²) in [5.74, 6) is 1.99. The molecular formula is C25H20O. The van der Waals surface area contributed by atoms with Gasteiger partial charge in [-0.15, -0.1) is 0 Å². The maximum Gasteiger partial charge on any atom is 0.143 e. The van der Waals surface area contributed by atoms with Crippen LogP contribution in [-0.4, -0.2) is 0 Å². The van der Waals surface area contributed by atoms with Crippen molar-refractivity contribution in [1.29, 1.82) is 0 Å². The zero-order chi connectivity index (χ0) is 17.8. The van der Waals surface area contributed by atoms with E-state index >= 15 is 0 Å². The first kappa shape index (κ1) is 15.2. The molecule has 126 valence electrons. The van der Waals surface area contributed by atoms with Gasteiger partial charge in [-0.1, -0.05) is 60.7 Å². The van der Waals surface area contributed by atoms with Crippen LogP contribution in [0.1, 0.15) is 16.9 Å². The molecule has 0 aromatic heterocycles. The van der Waals surface area contributed by atoms with Gasteiger partial charge in [-0.3, -0.25) is 0 Å². The zero-order valence-electron chi connectivity index (χ0n) is 15.3. The molecule has 2 aliphatic rings. The molecule has 1 heterocycles. The molecule has 0 spiro atoms. The SMILES string of the molecule is Cc1oc2c(-c3ccc4ccccc4c3)c3ccccc3c-2c(C)c1C. The van der Waals surface area contributed by atoms with Gasteiger partial charge in [-0.25, -0.2) is 0 Å². The van der Waals surface area contributed by atoms with E-state index in [4.69, 9.17) is 4.42 Å². The van der Waals surface area contributed by atoms with Crippen LogP contribution in [0.4, 0.5) is 0 Å². The Morgan fingerprint density at radius 2 is 1.27 bits per heavy atom. The summed E-state index contributed by atoms with van der Waals surface area (Å²) >= 11 is 0. The summed E-state index contributed by atoms with van der Waals surface area (Å²) in [5, 5.41) is 5.05. The lowest BCUT2D eigenvalue weighted by Crippen LogP contribution is -1.92. The molecule has 0 saturated heterocycles. The monoisotopic (exact) mass is 336 g/mol. The van der Waals surface area contributed by atoms with Crippen molar-refractivity contribution >= 4 is 21.5 Å². The number of hydrogen-bond acceptors (Lipinski definition) is 1. The van der Waals surface area contributed by atoms with Crippen LogP contribution in [-0.2, 0) is 0 Å². The van der Waals surface area contributed by atoms with E-state index in [1.54, 1.807) is 0 Å². The highest BCUT2D eigenvalue weighted by atomic mass is 16.3. The van der Waals surface area contributed by atoms with Crippen molar-refractivity contribution in [2.24, 2.45) is 0 Å². The molecule has 3 aromatic rings. The van der Waals surface area contributed by atoms with Crippen molar-refractivity contribution in [3.05, 3.63) is 83.6 Å². The predicted molar refractivity (Wildman–Crippen MR) is 110 cm³/mol. The zero-order valence-corrected chi connectivity index (χ0v) is 15.3. The quantitative estimate of drug-likeness (QED) is 0.313. The summed E-state index contributed by atoms with van der Waals surface area (Å²) < 4.78 is 6.36. The number of rotatable bonds is 1. The maximum absolute atomic E-state index is 6.36. The standard InChI is InChI=1S/C25H20O/c1-15-16(2)23-21-10-6-7-11-22(21)24(25(23)26-17(15)3)20-13-12-18-8-4-5-9-19(18)14-20/h4-14H,1-3H3. The van der Waals surface area contributed by atoms with Crippen molar-refractivity contribution in [3.8, 4) is 22.5 Å². The third-order valence-electron chi connectivity index (χ3n) is 5.68. The molecule has 0 N–H and O–H groups in total. The fourth-order valence-corrected chi connectivity index (χ4v) is 4.08. The minimum atomic E-state index is 0.993. The molecule has 5 rings (SSSR count). The smallest absolute Gasteiger partial charge is 0.143 e. The molecule has 0 unspecified atom stereocenters. The van der Waals surface area contributed by atoms with E-state index in [9.17, 15) is 0 Å². The van der Waals surface area contributed by atoms with Crippen LogP contribution < -0.4 is 0 Å². The van der Waals surface area contributed by atoms with E-state index in [1.165, 1.54) is 49.4 Å². The van der Waals surface area contributed by atoms with Gasteiger partial charge >= 0.3 is 0 Å². The molecule has 3 aromatic carbocycles. The van der Waals surface area contributed by atoms with Gasteiger partial charge in [-0.05, 0) is 65.1 Å². The van der Waals surface area contributed by atoms with Crippen LogP contribution in [0.15, 0.2) is 71.1 Å². The Morgan fingerprint density at radius 1 is 0.615 bits per heavy atom. The van der Waals surface area contributed by atoms with Crippen LogP contribution >= 0.6 is 0 Å². The molecule has 0 amide bonds. The molecule has 0 saturated carbocycles. The van der Waals surface area contributed by atoms with Crippen molar-refractivity contribution in [1.82, 2.24) is 0 Å². The van der Waals surface area contributed by atoms with E-state index in [0.717, 1.165) is 11.5 Å². The van der Waals surface area contributed by atoms with E-state index < -0.39 is 0 Å². The second-order valence-corrected chi connectivity index (χ2v) is 7.09. The molecule has 0 radical (unpaired) electrons. The highest BCUT2D eigenvalue weighted by Crippen LogP contribution is 2.48. The van der Waals surface area contributed by atoms with Crippen LogP contribution in [0.3, 0.4) is 0 Å². The lowest BCUT2D eigenvalue weighted by molar-refractivity contribution is 0.527. The van der Waals surface area contributed by atoms with Gasteiger partial charge in [0, 0.05) is 11.1 Å². The Bertz CT molecular complexity index is 1260. The Morgan fingerprint density at radius 3 is 2.04 bits per heavy atom. The van der Waals surface area contributed by atoms with Gasteiger partial charge in [0.2, 0.25) is 0 Å². The molecular weight excluding hydrogens is 316 g/mol. The average molecular weight is 336 g/mol. The number of aryl methyl sites for hydroxylation is 1. The number of benzene rings is 3. The Labute approximate surface area is 153 Å². The van der Waals surface area contributed by atoms with Gasteiger partial charge in [0.05, 0.1) is 0 Å². The predicted octanol–water partition coefficient (Wildman–Crippen LogP) is 7.28. The summed E-state index contributed by atoms with van der Waals surface area (Å²) in [5.41, 5.74) is 6.20. The van der Waals surface area contributed by atoms with Crippen molar-refractivity contribution < 1.29 is 4.42 Å². The normalized spacial score (nSPS) is 11.7. The summed E-state index contributed by atoms with van der Waals surface area (Å²) in [4.78, 5) is 0. The highest BCUT2D eigenvalue weighted by Gasteiger charge is 2.24. The van der Waals surface area contributed by atoms with E-state index in [-0.39, 0.29) is 0 Å². The van der Waals surface area contributed by atoms with E-state index in [2.05, 4.69) is 87.5 Å². The lowest BCUT2D eigenvalue weighted by atomic mass is 9.98. The molecule has 0 atom stereocenters. The van der Waals surface area contributed by atoms with Crippen molar-refractivity contribution in [3.63, 3.8) is 0 Å². The van der Waals surface area contributed by atoms with Crippen LogP contribution in [0, 0.1) is 20.8 Å². The number of fused-ring (bicyclic) bond motifs is 4. The summed E-state index contributed by atoms with van der Waals surface area (Å²) in [7, 11) is 0. The van der Waals surface area contributed by atoms with Gasteiger partial charge in [-0.2, -0.15) is 0 Å². The third-order valence-corrected chi connectivity index (χ3v) is 5.68. The first-order valence-electron chi connectivity index (χ1n) is 9.05. The average Bonchev–Trinajstić information content (AvgIpc) is 2.99. The van der Waals surface area contributed by atoms with Crippen LogP contribution in [0.25, 0.3) is 44.0 Å². The first-order chi connectivity index (χ1) is 12.6. The topological polar surface area (TPSA) is 13.1 Å². The van der Waals surface area contributed by atoms with Gasteiger partial charge in [0.1, 0.15) is 11.5 Å². The fraction of sp³-hybridized carbons (Fsp3) is 0.120. The minimum Gasteiger partial charge on any atom is -0.460 e. The highest BCUT2D eigenvalue weighted by molar-refractivity contribution is 6.14. The van der Waals surface area contributed by atoms with Crippen LogP contribution in [0.5, 0.6) is 0 Å². The van der Waals surface area contributed by atoms with E-state index in [0.29, 0.717) is 0 Å². The van der Waals surface area contributed by atoms with Gasteiger partial charge in [0.25, 0.3) is 0 Å². The Kier molecular flexibility index (Phi) is 3.20. The minimum absolute atomic E-state index is 0.993. The summed E-state index contributed by atoms with van der Waals surface area (Å²) in [6.07, 6.45) is 0. The van der Waals surface area contributed by atoms with Gasteiger partial charge in [0.15, 0.2) is 0 Å². The second-order valence-electron chi connectivity index (χ2n) is 7.09. The molecule has 0 fully saturated rings. The molecule has 1 aliphatic heterocycles. The van der Waals surface area contributed by atoms with Crippen LogP contribution in [0.2, 0.25) is 0 Å². The fourth-order valence-electron chi connectivity index (χ4n) is 4.08. The van der Waals surface area contributed by atoms with E-state index in [1.807, 2.05) is 0 Å². The summed E-state index contributed by atoms with van der Waals surface area (Å²) in [6.45, 7) is 6.41. The first-order valence-corrected chi connectivity index (χ1v) is 9.05. The molecule has 26 heavy (non-hydrogen) atoms. The lowest BCUT2D eigenvalue weighted by Gasteiger charge is -2.12. The number of hydrogen-bond donors (Lipinski definition) is 0. The van der Waals surface area contributed by atoms with Gasteiger partial charge < -0.3 is 4.42 Å². The summed E-state index contributed by atoms with van der Waals surface area (Å²) in [6, 6.07) is 23.8. The Hall–Kier alpha value is -3.06. The largest absolute Gasteiger partial charge is 0.460 e. The maximum atomic E-state index is 6.36. The third kappa shape index (κ3) is 2.04. The molecule has 0 bridgehead atoms. The van der Waals surface area contributed by atoms with Crippen molar-refractivity contribution in [2.75, 3.05) is 0 Å².